The molecule has 0 spiro atoms. The molecule has 0 aliphatic heterocycles. The Morgan fingerprint density at radius 1 is 1.24 bits per heavy atom. The van der Waals surface area contributed by atoms with Crippen molar-refractivity contribution in [3.8, 4) is 5.75 Å². The SMILES string of the molecule is Cc1cc(C)c(NC(=O)COc2ccc(Br)cc2)c(C)n1. The summed E-state index contributed by atoms with van der Waals surface area (Å²) in [6, 6.07) is 9.29. The number of anilines is 1. The minimum atomic E-state index is -0.199. The van der Waals surface area contributed by atoms with Crippen LogP contribution in [0.2, 0.25) is 0 Å². The summed E-state index contributed by atoms with van der Waals surface area (Å²) in [5, 5.41) is 2.85. The molecule has 1 amide bonds. The average Bonchev–Trinajstić information content (AvgIpc) is 2.42. The van der Waals surface area contributed by atoms with E-state index in [-0.39, 0.29) is 12.5 Å². The van der Waals surface area contributed by atoms with Crippen LogP contribution in [0.5, 0.6) is 5.75 Å². The van der Waals surface area contributed by atoms with E-state index in [9.17, 15) is 4.79 Å². The first-order chi connectivity index (χ1) is 9.95. The third-order valence-electron chi connectivity index (χ3n) is 2.97. The summed E-state index contributed by atoms with van der Waals surface area (Å²) in [7, 11) is 0. The van der Waals surface area contributed by atoms with Gasteiger partial charge in [-0.25, -0.2) is 0 Å². The number of carbonyl (C=O) groups is 1. The summed E-state index contributed by atoms with van der Waals surface area (Å²) in [4.78, 5) is 16.3. The van der Waals surface area contributed by atoms with Crippen molar-refractivity contribution in [3.63, 3.8) is 0 Å². The third kappa shape index (κ3) is 4.29. The number of hydrogen-bond acceptors (Lipinski definition) is 3. The third-order valence-corrected chi connectivity index (χ3v) is 3.50. The predicted molar refractivity (Wildman–Crippen MR) is 86.7 cm³/mol. The lowest BCUT2D eigenvalue weighted by molar-refractivity contribution is -0.118. The van der Waals surface area contributed by atoms with Crippen molar-refractivity contribution < 1.29 is 9.53 Å². The van der Waals surface area contributed by atoms with Gasteiger partial charge in [-0.1, -0.05) is 15.9 Å². The van der Waals surface area contributed by atoms with Crippen molar-refractivity contribution in [1.82, 2.24) is 4.98 Å². The first kappa shape index (κ1) is 15.5. The van der Waals surface area contributed by atoms with Gasteiger partial charge in [0.15, 0.2) is 6.61 Å². The van der Waals surface area contributed by atoms with Gasteiger partial charge in [-0.05, 0) is 56.7 Å². The van der Waals surface area contributed by atoms with Crippen molar-refractivity contribution in [3.05, 3.63) is 51.8 Å². The quantitative estimate of drug-likeness (QED) is 0.914. The standard InChI is InChI=1S/C16H17BrN2O2/c1-10-8-11(2)18-12(3)16(10)19-15(20)9-21-14-6-4-13(17)5-7-14/h4-8H,9H2,1-3H3,(H,19,20). The van der Waals surface area contributed by atoms with E-state index >= 15 is 0 Å². The number of aromatic nitrogens is 1. The Balaban J connectivity index is 1.97. The van der Waals surface area contributed by atoms with Crippen LogP contribution in [0.15, 0.2) is 34.8 Å². The summed E-state index contributed by atoms with van der Waals surface area (Å²) < 4.78 is 6.41. The van der Waals surface area contributed by atoms with Crippen LogP contribution in [0.4, 0.5) is 5.69 Å². The maximum atomic E-state index is 12.0. The number of halogens is 1. The van der Waals surface area contributed by atoms with Crippen LogP contribution in [0.25, 0.3) is 0 Å². The van der Waals surface area contributed by atoms with Gasteiger partial charge in [0.25, 0.3) is 5.91 Å². The van der Waals surface area contributed by atoms with Crippen LogP contribution < -0.4 is 10.1 Å². The van der Waals surface area contributed by atoms with Crippen LogP contribution in [-0.4, -0.2) is 17.5 Å². The molecular weight excluding hydrogens is 332 g/mol. The van der Waals surface area contributed by atoms with Gasteiger partial charge in [0, 0.05) is 10.2 Å². The van der Waals surface area contributed by atoms with Crippen LogP contribution >= 0.6 is 15.9 Å². The largest absolute Gasteiger partial charge is 0.484 e. The first-order valence-electron chi connectivity index (χ1n) is 6.59. The number of aryl methyl sites for hydroxylation is 3. The van der Waals surface area contributed by atoms with E-state index in [2.05, 4.69) is 26.2 Å². The van der Waals surface area contributed by atoms with Crippen LogP contribution in [0.3, 0.4) is 0 Å². The number of amides is 1. The van der Waals surface area contributed by atoms with Gasteiger partial charge in [0.1, 0.15) is 5.75 Å². The smallest absolute Gasteiger partial charge is 0.262 e. The van der Waals surface area contributed by atoms with Gasteiger partial charge in [-0.2, -0.15) is 0 Å². The molecular formula is C16H17BrN2O2. The van der Waals surface area contributed by atoms with Crippen LogP contribution in [0, 0.1) is 20.8 Å². The first-order valence-corrected chi connectivity index (χ1v) is 7.38. The molecule has 4 nitrogen and oxygen atoms in total. The average molecular weight is 349 g/mol. The van der Waals surface area contributed by atoms with Crippen molar-refractivity contribution in [2.75, 3.05) is 11.9 Å². The van der Waals surface area contributed by atoms with E-state index in [1.165, 1.54) is 0 Å². The number of benzene rings is 1. The summed E-state index contributed by atoms with van der Waals surface area (Å²) in [6.07, 6.45) is 0. The molecule has 0 aliphatic carbocycles. The van der Waals surface area contributed by atoms with E-state index in [0.29, 0.717) is 5.75 Å². The second kappa shape index (κ2) is 6.72. The fourth-order valence-electron chi connectivity index (χ4n) is 2.07. The second-order valence-electron chi connectivity index (χ2n) is 4.83. The Morgan fingerprint density at radius 2 is 1.90 bits per heavy atom. The number of nitrogens with one attached hydrogen (secondary N) is 1. The second-order valence-corrected chi connectivity index (χ2v) is 5.75. The summed E-state index contributed by atoms with van der Waals surface area (Å²) in [5.41, 5.74) is 3.50. The number of ether oxygens (including phenoxy) is 1. The van der Waals surface area contributed by atoms with Gasteiger partial charge in [-0.3, -0.25) is 9.78 Å². The van der Waals surface area contributed by atoms with Gasteiger partial charge in [0.2, 0.25) is 0 Å². The van der Waals surface area contributed by atoms with Gasteiger partial charge >= 0.3 is 0 Å². The molecule has 1 aromatic carbocycles. The molecule has 1 heterocycles. The Bertz CT molecular complexity index is 631. The highest BCUT2D eigenvalue weighted by atomic mass is 79.9. The zero-order valence-electron chi connectivity index (χ0n) is 12.2. The maximum Gasteiger partial charge on any atom is 0.262 e. The Kier molecular flexibility index (Phi) is 4.96. The molecule has 0 saturated heterocycles. The molecule has 1 N–H and O–H groups in total. The molecule has 0 radical (unpaired) electrons. The molecule has 0 saturated carbocycles. The molecule has 21 heavy (non-hydrogen) atoms. The lowest BCUT2D eigenvalue weighted by Crippen LogP contribution is -2.21. The number of rotatable bonds is 4. The van der Waals surface area contributed by atoms with Crippen molar-refractivity contribution >= 4 is 27.5 Å². The molecule has 5 heteroatoms. The normalized spacial score (nSPS) is 10.3. The van der Waals surface area contributed by atoms with E-state index < -0.39 is 0 Å². The Labute approximate surface area is 132 Å². The fourth-order valence-corrected chi connectivity index (χ4v) is 2.33. The minimum absolute atomic E-state index is 0.0333. The monoisotopic (exact) mass is 348 g/mol. The fraction of sp³-hybridized carbons (Fsp3) is 0.250. The zero-order chi connectivity index (χ0) is 15.4. The molecule has 2 aromatic rings. The van der Waals surface area contributed by atoms with Crippen molar-refractivity contribution in [2.24, 2.45) is 0 Å². The summed E-state index contributed by atoms with van der Waals surface area (Å²) in [6.45, 7) is 5.73. The number of nitrogens with zero attached hydrogens (tertiary/aromatic N) is 1. The maximum absolute atomic E-state index is 12.0. The topological polar surface area (TPSA) is 51.2 Å². The highest BCUT2D eigenvalue weighted by Crippen LogP contribution is 2.19. The van der Waals surface area contributed by atoms with E-state index in [1.807, 2.05) is 39.0 Å². The van der Waals surface area contributed by atoms with Crippen molar-refractivity contribution in [2.45, 2.75) is 20.8 Å². The lowest BCUT2D eigenvalue weighted by Gasteiger charge is -2.12. The molecule has 0 unspecified atom stereocenters. The number of hydrogen-bond donors (Lipinski definition) is 1. The molecule has 0 fully saturated rings. The van der Waals surface area contributed by atoms with E-state index in [1.54, 1.807) is 12.1 Å². The lowest BCUT2D eigenvalue weighted by atomic mass is 10.1. The highest BCUT2D eigenvalue weighted by molar-refractivity contribution is 9.10. The van der Waals surface area contributed by atoms with Gasteiger partial charge < -0.3 is 10.1 Å². The molecule has 0 bridgehead atoms. The molecule has 110 valence electrons. The number of pyridine rings is 1. The number of carbonyl (C=O) groups excluding carboxylic acids is 1. The predicted octanol–water partition coefficient (Wildman–Crippen LogP) is 3.79. The zero-order valence-corrected chi connectivity index (χ0v) is 13.8. The Hall–Kier alpha value is -1.88. The Morgan fingerprint density at radius 3 is 2.52 bits per heavy atom. The molecule has 1 aromatic heterocycles. The van der Waals surface area contributed by atoms with Crippen LogP contribution in [-0.2, 0) is 4.79 Å². The van der Waals surface area contributed by atoms with Gasteiger partial charge in [-0.15, -0.1) is 0 Å². The van der Waals surface area contributed by atoms with Gasteiger partial charge in [0.05, 0.1) is 11.4 Å². The highest BCUT2D eigenvalue weighted by Gasteiger charge is 2.10. The molecule has 0 atom stereocenters. The molecule has 2 rings (SSSR count). The minimum Gasteiger partial charge on any atom is -0.484 e. The van der Waals surface area contributed by atoms with E-state index in [4.69, 9.17) is 4.74 Å². The van der Waals surface area contributed by atoms with Crippen molar-refractivity contribution in [1.29, 1.82) is 0 Å². The molecule has 0 aliphatic rings. The van der Waals surface area contributed by atoms with Crippen LogP contribution in [0.1, 0.15) is 17.0 Å². The van der Waals surface area contributed by atoms with E-state index in [0.717, 1.165) is 27.1 Å². The summed E-state index contributed by atoms with van der Waals surface area (Å²) in [5.74, 6) is 0.457. The summed E-state index contributed by atoms with van der Waals surface area (Å²) >= 11 is 3.35.